The van der Waals surface area contributed by atoms with Crippen molar-refractivity contribution < 1.29 is 51.5 Å². The summed E-state index contributed by atoms with van der Waals surface area (Å²) in [6.07, 6.45) is 1.99. The highest BCUT2D eigenvalue weighted by molar-refractivity contribution is 7.81. The maximum atomic E-state index is 12.0. The van der Waals surface area contributed by atoms with Crippen LogP contribution < -0.4 is 0 Å². The summed E-state index contributed by atoms with van der Waals surface area (Å²) in [7, 11) is -15.0. The Balaban J connectivity index is 1.67. The molecule has 1 unspecified atom stereocenters. The van der Waals surface area contributed by atoms with E-state index in [0.29, 0.717) is 30.1 Å². The molecule has 4 rings (SSSR count). The van der Waals surface area contributed by atoms with Gasteiger partial charge in [-0.15, -0.1) is 0 Å². The van der Waals surface area contributed by atoms with Gasteiger partial charge in [0.2, 0.25) is 0 Å². The van der Waals surface area contributed by atoms with Crippen LogP contribution in [0, 0.1) is 58.2 Å². The van der Waals surface area contributed by atoms with Crippen molar-refractivity contribution in [1.82, 2.24) is 0 Å². The Bertz CT molecular complexity index is 1330. The van der Waals surface area contributed by atoms with Gasteiger partial charge in [-0.2, -0.15) is 25.3 Å². The number of hydrogen-bond acceptors (Lipinski definition) is 9. The van der Waals surface area contributed by atoms with Crippen LogP contribution in [0.4, 0.5) is 0 Å². The lowest BCUT2D eigenvalue weighted by Gasteiger charge is -2.63. The number of hydrogen-bond donors (Lipinski definition) is 3. The quantitative estimate of drug-likeness (QED) is 0.245. The van der Waals surface area contributed by atoms with E-state index < -0.39 is 60.8 Å². The molecule has 0 aromatic carbocycles. The van der Waals surface area contributed by atoms with E-state index >= 15 is 0 Å². The predicted molar refractivity (Wildman–Crippen MR) is 158 cm³/mol. The first-order valence-electron chi connectivity index (χ1n) is 15.5. The highest BCUT2D eigenvalue weighted by Crippen LogP contribution is 2.69. The fraction of sp³-hybridized carbons (Fsp3) is 1.00. The minimum atomic E-state index is -5.06. The Morgan fingerprint density at radius 3 is 1.77 bits per heavy atom. The van der Waals surface area contributed by atoms with E-state index in [1.54, 1.807) is 0 Å². The molecule has 43 heavy (non-hydrogen) atoms. The van der Waals surface area contributed by atoms with E-state index in [4.69, 9.17) is 12.5 Å². The third kappa shape index (κ3) is 7.78. The summed E-state index contributed by atoms with van der Waals surface area (Å²) < 4.78 is 114. The summed E-state index contributed by atoms with van der Waals surface area (Å²) in [6.45, 7) is 13.4. The highest BCUT2D eigenvalue weighted by atomic mass is 32.3. The maximum absolute atomic E-state index is 12.0. The van der Waals surface area contributed by atoms with Gasteiger partial charge in [-0.25, -0.2) is 12.5 Å². The molecule has 0 amide bonds. The van der Waals surface area contributed by atoms with Gasteiger partial charge in [0.15, 0.2) is 0 Å². The first-order chi connectivity index (χ1) is 19.5. The Morgan fingerprint density at radius 1 is 0.674 bits per heavy atom. The molecule has 252 valence electrons. The van der Waals surface area contributed by atoms with Crippen LogP contribution in [0.5, 0.6) is 0 Å². The van der Waals surface area contributed by atoms with Gasteiger partial charge in [-0.3, -0.25) is 13.7 Å². The zero-order valence-electron chi connectivity index (χ0n) is 26.0. The molecule has 0 spiro atoms. The Kier molecular flexibility index (Phi) is 10.2. The normalized spacial score (nSPS) is 41.7. The highest BCUT2D eigenvalue weighted by Gasteiger charge is 2.65. The van der Waals surface area contributed by atoms with Crippen molar-refractivity contribution in [3.05, 3.63) is 0 Å². The molecule has 0 aromatic rings. The molecule has 0 bridgehead atoms. The molecule has 0 saturated heterocycles. The topological polar surface area (TPSA) is 191 Å². The summed E-state index contributed by atoms with van der Waals surface area (Å²) in [6, 6.07) is 0. The van der Waals surface area contributed by atoms with Crippen LogP contribution in [0.15, 0.2) is 0 Å². The number of rotatable bonds is 11. The summed E-state index contributed by atoms with van der Waals surface area (Å²) in [5.41, 5.74) is -0.798. The summed E-state index contributed by atoms with van der Waals surface area (Å²) in [5.74, 6) is 1.84. The average molecular weight is 675 g/mol. The molecule has 4 saturated carbocycles. The van der Waals surface area contributed by atoms with Crippen LogP contribution in [-0.2, 0) is 43.7 Å². The summed E-state index contributed by atoms with van der Waals surface area (Å²) in [5, 5.41) is 0. The molecule has 4 aliphatic carbocycles. The van der Waals surface area contributed by atoms with Crippen molar-refractivity contribution in [3.63, 3.8) is 0 Å². The fourth-order valence-corrected chi connectivity index (χ4v) is 11.6. The van der Waals surface area contributed by atoms with E-state index in [1.165, 1.54) is 0 Å². The SMILES string of the molecule is CC(C)[C@@H](C)CC[C@@H](C)[C@H]1CC[C@H]2[C@@H]3C[C@H](OS(=O)(=O)O)[C@H]4C[C@H](OS(=O)(=O)O)[C@@H](OS(=O)(=O)O)C[C@]4(C)C3CC[C@]12C. The third-order valence-electron chi connectivity index (χ3n) is 12.3. The monoisotopic (exact) mass is 674 g/mol. The lowest BCUT2D eigenvalue weighted by atomic mass is 9.43. The molecule has 15 heteroatoms. The van der Waals surface area contributed by atoms with Gasteiger partial charge < -0.3 is 0 Å². The molecule has 4 fully saturated rings. The smallest absolute Gasteiger partial charge is 0.264 e. The van der Waals surface area contributed by atoms with Crippen LogP contribution in [0.3, 0.4) is 0 Å². The minimum Gasteiger partial charge on any atom is -0.264 e. The minimum absolute atomic E-state index is 0.00367. The zero-order chi connectivity index (χ0) is 32.3. The van der Waals surface area contributed by atoms with Gasteiger partial charge in [0, 0.05) is 0 Å². The summed E-state index contributed by atoms with van der Waals surface area (Å²) in [4.78, 5) is 0. The first kappa shape index (κ1) is 35.5. The number of fused-ring (bicyclic) bond motifs is 5. The molecule has 0 heterocycles. The standard InChI is InChI=1S/C28H50O12S3/c1-16(2)17(3)7-8-18(4)20-9-10-21-19-13-24(38-41(29,30)31)23-14-25(39-42(32,33)34)26(40-43(35,36)37)15-28(23,6)22(19)11-12-27(20,21)5/h16-26H,7-15H2,1-6H3,(H,29,30,31)(H,32,33,34)(H,35,36,37)/t17-,18+,19-,20+,21-,22?,23+,24-,25-,26-,27+,28+/m0/s1. The van der Waals surface area contributed by atoms with Gasteiger partial charge >= 0.3 is 31.2 Å². The molecule has 0 radical (unpaired) electrons. The van der Waals surface area contributed by atoms with Gasteiger partial charge in [0.05, 0.1) is 6.10 Å². The molecule has 3 N–H and O–H groups in total. The van der Waals surface area contributed by atoms with Crippen molar-refractivity contribution in [2.75, 3.05) is 0 Å². The fourth-order valence-electron chi connectivity index (χ4n) is 10.1. The Labute approximate surface area is 257 Å². The second-order valence-electron chi connectivity index (χ2n) is 14.9. The molecule has 0 aliphatic heterocycles. The second kappa shape index (κ2) is 12.3. The van der Waals surface area contributed by atoms with Crippen molar-refractivity contribution >= 4 is 31.2 Å². The van der Waals surface area contributed by atoms with Crippen molar-refractivity contribution in [2.24, 2.45) is 58.2 Å². The van der Waals surface area contributed by atoms with Crippen LogP contribution in [0.1, 0.15) is 99.3 Å². The van der Waals surface area contributed by atoms with Crippen LogP contribution in [0.25, 0.3) is 0 Å². The van der Waals surface area contributed by atoms with Crippen LogP contribution >= 0.6 is 0 Å². The van der Waals surface area contributed by atoms with Gasteiger partial charge in [-0.05, 0) is 103 Å². The lowest BCUT2D eigenvalue weighted by molar-refractivity contribution is -0.184. The second-order valence-corrected chi connectivity index (χ2v) is 18.0. The molecule has 4 aliphatic rings. The van der Waals surface area contributed by atoms with Crippen LogP contribution in [0.2, 0.25) is 0 Å². The largest absolute Gasteiger partial charge is 0.397 e. The molecule has 12 nitrogen and oxygen atoms in total. The Hall–Kier alpha value is -0.390. The lowest BCUT2D eigenvalue weighted by Crippen LogP contribution is -2.62. The van der Waals surface area contributed by atoms with Crippen molar-refractivity contribution in [3.8, 4) is 0 Å². The first-order valence-corrected chi connectivity index (χ1v) is 19.6. The van der Waals surface area contributed by atoms with Crippen molar-refractivity contribution in [1.29, 1.82) is 0 Å². The predicted octanol–water partition coefficient (Wildman–Crippen LogP) is 5.14. The maximum Gasteiger partial charge on any atom is 0.397 e. The van der Waals surface area contributed by atoms with E-state index in [0.717, 1.165) is 38.5 Å². The molecular weight excluding hydrogens is 624 g/mol. The van der Waals surface area contributed by atoms with E-state index in [1.807, 2.05) is 6.92 Å². The molecule has 12 atom stereocenters. The van der Waals surface area contributed by atoms with Gasteiger partial charge in [-0.1, -0.05) is 54.4 Å². The van der Waals surface area contributed by atoms with E-state index in [2.05, 4.69) is 34.6 Å². The van der Waals surface area contributed by atoms with Crippen molar-refractivity contribution in [2.45, 2.75) is 118 Å². The summed E-state index contributed by atoms with van der Waals surface area (Å²) >= 11 is 0. The molecule has 0 aromatic heterocycles. The van der Waals surface area contributed by atoms with E-state index in [9.17, 15) is 38.9 Å². The van der Waals surface area contributed by atoms with Crippen LogP contribution in [-0.4, -0.2) is 57.2 Å². The average Bonchev–Trinajstić information content (AvgIpc) is 3.18. The third-order valence-corrected chi connectivity index (χ3v) is 13.8. The Morgan fingerprint density at radius 2 is 1.21 bits per heavy atom. The van der Waals surface area contributed by atoms with E-state index in [-0.39, 0.29) is 36.0 Å². The van der Waals surface area contributed by atoms with Gasteiger partial charge in [0.25, 0.3) is 0 Å². The van der Waals surface area contributed by atoms with Gasteiger partial charge in [0.1, 0.15) is 12.2 Å². The zero-order valence-corrected chi connectivity index (χ0v) is 28.4. The molecular formula is C28H50O12S3.